The number of hydrogen-bond donors (Lipinski definition) is 1. The average Bonchev–Trinajstić information content (AvgIpc) is 3.15. The van der Waals surface area contributed by atoms with Crippen LogP contribution >= 0.6 is 0 Å². The SMILES string of the molecule is COc1cc(C=C2CCn3c2nc2cc(C(=O)O)ccc2c3=O)cc(OC)c1OC. The highest BCUT2D eigenvalue weighted by molar-refractivity contribution is 5.93. The molecule has 2 heterocycles. The Bertz CT molecular complexity index is 1230. The molecule has 1 N–H and O–H groups in total. The van der Waals surface area contributed by atoms with E-state index in [0.29, 0.717) is 46.9 Å². The van der Waals surface area contributed by atoms with E-state index in [1.807, 2.05) is 18.2 Å². The Hall–Kier alpha value is -3.81. The van der Waals surface area contributed by atoms with Crippen molar-refractivity contribution in [1.82, 2.24) is 9.55 Å². The predicted molar refractivity (Wildman–Crippen MR) is 112 cm³/mol. The fourth-order valence-electron chi connectivity index (χ4n) is 3.67. The van der Waals surface area contributed by atoms with E-state index >= 15 is 0 Å². The lowest BCUT2D eigenvalue weighted by Gasteiger charge is -2.13. The molecule has 3 aromatic rings. The summed E-state index contributed by atoms with van der Waals surface area (Å²) in [7, 11) is 4.64. The van der Waals surface area contributed by atoms with Crippen molar-refractivity contribution in [2.24, 2.45) is 0 Å². The summed E-state index contributed by atoms with van der Waals surface area (Å²) >= 11 is 0. The highest BCUT2D eigenvalue weighted by Gasteiger charge is 2.22. The zero-order chi connectivity index (χ0) is 21.4. The topological polar surface area (TPSA) is 99.9 Å². The maximum Gasteiger partial charge on any atom is 0.335 e. The van der Waals surface area contributed by atoms with E-state index < -0.39 is 5.97 Å². The fraction of sp³-hybridized carbons (Fsp3) is 0.227. The van der Waals surface area contributed by atoms with E-state index in [1.165, 1.54) is 18.2 Å². The van der Waals surface area contributed by atoms with Crippen molar-refractivity contribution >= 4 is 28.5 Å². The lowest BCUT2D eigenvalue weighted by Crippen LogP contribution is -2.21. The van der Waals surface area contributed by atoms with Crippen LogP contribution in [-0.2, 0) is 6.54 Å². The molecule has 0 amide bonds. The summed E-state index contributed by atoms with van der Waals surface area (Å²) in [5.74, 6) is 1.01. The first-order valence-corrected chi connectivity index (χ1v) is 9.25. The van der Waals surface area contributed by atoms with Crippen LogP contribution < -0.4 is 19.8 Å². The van der Waals surface area contributed by atoms with Crippen LogP contribution in [-0.4, -0.2) is 42.0 Å². The Morgan fingerprint density at radius 1 is 1.10 bits per heavy atom. The Morgan fingerprint density at radius 3 is 2.40 bits per heavy atom. The van der Waals surface area contributed by atoms with E-state index in [2.05, 4.69) is 4.98 Å². The minimum absolute atomic E-state index is 0.0903. The number of aromatic carboxylic acids is 1. The maximum atomic E-state index is 12.9. The Balaban J connectivity index is 1.86. The first-order valence-electron chi connectivity index (χ1n) is 9.25. The van der Waals surface area contributed by atoms with Gasteiger partial charge in [0.05, 0.1) is 37.8 Å². The highest BCUT2D eigenvalue weighted by atomic mass is 16.5. The molecule has 0 fully saturated rings. The number of aromatic nitrogens is 2. The maximum absolute atomic E-state index is 12.9. The van der Waals surface area contributed by atoms with Crippen LogP contribution in [0.3, 0.4) is 0 Å². The van der Waals surface area contributed by atoms with Gasteiger partial charge >= 0.3 is 5.97 Å². The third-order valence-corrected chi connectivity index (χ3v) is 5.12. The van der Waals surface area contributed by atoms with Crippen LogP contribution in [0.15, 0.2) is 35.1 Å². The van der Waals surface area contributed by atoms with Crippen LogP contribution in [0.1, 0.15) is 28.2 Å². The summed E-state index contributed by atoms with van der Waals surface area (Å²) in [4.78, 5) is 28.8. The summed E-state index contributed by atoms with van der Waals surface area (Å²) in [6.07, 6.45) is 2.55. The lowest BCUT2D eigenvalue weighted by atomic mass is 10.1. The lowest BCUT2D eigenvalue weighted by molar-refractivity contribution is 0.0697. The first-order chi connectivity index (χ1) is 14.5. The van der Waals surface area contributed by atoms with Gasteiger partial charge in [-0.2, -0.15) is 0 Å². The molecule has 0 spiro atoms. The zero-order valence-electron chi connectivity index (χ0n) is 16.8. The van der Waals surface area contributed by atoms with E-state index in [9.17, 15) is 14.7 Å². The summed E-state index contributed by atoms with van der Waals surface area (Å²) < 4.78 is 17.8. The number of hydrogen-bond acceptors (Lipinski definition) is 6. The van der Waals surface area contributed by atoms with Gasteiger partial charge in [-0.25, -0.2) is 9.78 Å². The highest BCUT2D eigenvalue weighted by Crippen LogP contribution is 2.39. The Labute approximate surface area is 172 Å². The van der Waals surface area contributed by atoms with Gasteiger partial charge in [-0.05, 0) is 54.0 Å². The zero-order valence-corrected chi connectivity index (χ0v) is 16.8. The summed E-state index contributed by atoms with van der Waals surface area (Å²) in [5.41, 5.74) is 1.95. The molecule has 0 bridgehead atoms. The van der Waals surface area contributed by atoms with E-state index in [0.717, 1.165) is 11.1 Å². The number of fused-ring (bicyclic) bond motifs is 2. The fourth-order valence-corrected chi connectivity index (χ4v) is 3.67. The molecule has 1 aromatic heterocycles. The van der Waals surface area contributed by atoms with Gasteiger partial charge in [0.1, 0.15) is 5.82 Å². The molecule has 8 nitrogen and oxygen atoms in total. The number of benzene rings is 2. The van der Waals surface area contributed by atoms with E-state index in [-0.39, 0.29) is 11.1 Å². The van der Waals surface area contributed by atoms with Gasteiger partial charge < -0.3 is 19.3 Å². The second-order valence-electron chi connectivity index (χ2n) is 6.81. The molecule has 4 rings (SSSR count). The summed E-state index contributed by atoms with van der Waals surface area (Å²) in [6, 6.07) is 8.00. The second-order valence-corrected chi connectivity index (χ2v) is 6.81. The number of carbonyl (C=O) groups is 1. The van der Waals surface area contributed by atoms with Gasteiger partial charge in [0.15, 0.2) is 11.5 Å². The third-order valence-electron chi connectivity index (χ3n) is 5.12. The van der Waals surface area contributed by atoms with Crippen LogP contribution in [0.5, 0.6) is 17.2 Å². The molecule has 0 aliphatic carbocycles. The minimum Gasteiger partial charge on any atom is -0.493 e. The van der Waals surface area contributed by atoms with E-state index in [1.54, 1.807) is 25.9 Å². The molecule has 8 heteroatoms. The van der Waals surface area contributed by atoms with Crippen LogP contribution in [0.25, 0.3) is 22.6 Å². The summed E-state index contributed by atoms with van der Waals surface area (Å²) in [5, 5.41) is 9.64. The smallest absolute Gasteiger partial charge is 0.335 e. The van der Waals surface area contributed by atoms with Crippen molar-refractivity contribution in [3.63, 3.8) is 0 Å². The molecule has 1 aliphatic heterocycles. The van der Waals surface area contributed by atoms with Crippen LogP contribution in [0.2, 0.25) is 0 Å². The third kappa shape index (κ3) is 3.16. The minimum atomic E-state index is -1.06. The van der Waals surface area contributed by atoms with Crippen molar-refractivity contribution in [3.8, 4) is 17.2 Å². The number of rotatable bonds is 5. The average molecular weight is 408 g/mol. The quantitative estimate of drug-likeness (QED) is 0.692. The molecular formula is C22H20N2O6. The van der Waals surface area contributed by atoms with Gasteiger partial charge in [-0.15, -0.1) is 0 Å². The number of allylic oxidation sites excluding steroid dienone is 1. The van der Waals surface area contributed by atoms with Gasteiger partial charge in [-0.3, -0.25) is 9.36 Å². The first kappa shape index (κ1) is 19.5. The largest absolute Gasteiger partial charge is 0.493 e. The van der Waals surface area contributed by atoms with Gasteiger partial charge in [0.2, 0.25) is 5.75 Å². The number of carboxylic acids is 1. The van der Waals surface area contributed by atoms with Crippen molar-refractivity contribution in [2.45, 2.75) is 13.0 Å². The number of methoxy groups -OCH3 is 3. The van der Waals surface area contributed by atoms with Gasteiger partial charge in [0, 0.05) is 6.54 Å². The number of carboxylic acid groups (broad SMARTS) is 1. The van der Waals surface area contributed by atoms with Gasteiger partial charge in [-0.1, -0.05) is 0 Å². The summed E-state index contributed by atoms with van der Waals surface area (Å²) in [6.45, 7) is 0.508. The van der Waals surface area contributed by atoms with Crippen molar-refractivity contribution in [1.29, 1.82) is 0 Å². The molecule has 0 atom stereocenters. The van der Waals surface area contributed by atoms with Crippen LogP contribution in [0.4, 0.5) is 0 Å². The molecule has 1 aliphatic rings. The molecule has 0 saturated heterocycles. The van der Waals surface area contributed by atoms with Gasteiger partial charge in [0.25, 0.3) is 5.56 Å². The molecule has 0 saturated carbocycles. The number of ether oxygens (including phenoxy) is 3. The van der Waals surface area contributed by atoms with Crippen molar-refractivity contribution in [2.75, 3.05) is 21.3 Å². The molecule has 154 valence electrons. The molecule has 0 radical (unpaired) electrons. The van der Waals surface area contributed by atoms with Crippen LogP contribution in [0, 0.1) is 0 Å². The molecular weight excluding hydrogens is 388 g/mol. The Morgan fingerprint density at radius 2 is 1.80 bits per heavy atom. The monoisotopic (exact) mass is 408 g/mol. The Kier molecular flexibility index (Phi) is 4.91. The molecule has 2 aromatic carbocycles. The van der Waals surface area contributed by atoms with E-state index in [4.69, 9.17) is 14.2 Å². The molecule has 30 heavy (non-hydrogen) atoms. The normalized spacial score (nSPS) is 14.0. The molecule has 0 unspecified atom stereocenters. The predicted octanol–water partition coefficient (Wildman–Crippen LogP) is 3.06. The number of nitrogens with zero attached hydrogens (tertiary/aromatic N) is 2. The van der Waals surface area contributed by atoms with Crippen molar-refractivity contribution < 1.29 is 24.1 Å². The van der Waals surface area contributed by atoms with Crippen molar-refractivity contribution in [3.05, 3.63) is 57.6 Å². The second kappa shape index (κ2) is 7.55. The standard InChI is InChI=1S/C22H20N2O6/c1-28-17-9-12(10-18(29-2)19(17)30-3)8-13-6-7-24-20(13)23-16-11-14(22(26)27)4-5-15(16)21(24)25/h4-5,8-11H,6-7H2,1-3H3,(H,26,27).